The van der Waals surface area contributed by atoms with Gasteiger partial charge in [-0.3, -0.25) is 9.89 Å². The van der Waals surface area contributed by atoms with Crippen LogP contribution in [-0.4, -0.2) is 55.2 Å². The molecule has 1 saturated heterocycles. The Balaban J connectivity index is 1.89. The zero-order valence-corrected chi connectivity index (χ0v) is 18.2. The summed E-state index contributed by atoms with van der Waals surface area (Å²) < 4.78 is 0. The highest BCUT2D eigenvalue weighted by molar-refractivity contribution is 5.80. The van der Waals surface area contributed by atoms with E-state index in [0.717, 1.165) is 51.5 Å². The Morgan fingerprint density at radius 3 is 2.57 bits per heavy atom. The van der Waals surface area contributed by atoms with E-state index in [-0.39, 0.29) is 11.6 Å². The van der Waals surface area contributed by atoms with Crippen LogP contribution in [0.3, 0.4) is 0 Å². The molecule has 0 aromatic heterocycles. The first-order valence-electron chi connectivity index (χ1n) is 10.6. The van der Waals surface area contributed by atoms with Crippen LogP contribution in [0.4, 0.5) is 0 Å². The number of hydrogen-bond acceptors (Lipinski definition) is 3. The maximum atomic E-state index is 4.88. The van der Waals surface area contributed by atoms with Gasteiger partial charge in [0.05, 0.1) is 6.54 Å². The van der Waals surface area contributed by atoms with Crippen molar-refractivity contribution >= 4 is 5.96 Å². The van der Waals surface area contributed by atoms with Gasteiger partial charge >= 0.3 is 0 Å². The molecule has 1 aliphatic heterocycles. The summed E-state index contributed by atoms with van der Waals surface area (Å²) in [5.74, 6) is 0.923. The van der Waals surface area contributed by atoms with Crippen LogP contribution >= 0.6 is 0 Å². The molecule has 1 aromatic carbocycles. The van der Waals surface area contributed by atoms with Gasteiger partial charge in [0.15, 0.2) is 5.96 Å². The summed E-state index contributed by atoms with van der Waals surface area (Å²) in [4.78, 5) is 7.34. The van der Waals surface area contributed by atoms with E-state index in [4.69, 9.17) is 4.99 Å². The van der Waals surface area contributed by atoms with Crippen molar-refractivity contribution in [2.45, 2.75) is 58.2 Å². The van der Waals surface area contributed by atoms with Crippen LogP contribution < -0.4 is 16.0 Å². The number of benzene rings is 1. The fraction of sp³-hybridized carbons (Fsp3) is 0.609. The van der Waals surface area contributed by atoms with Gasteiger partial charge < -0.3 is 16.0 Å². The maximum absolute atomic E-state index is 4.88. The zero-order chi connectivity index (χ0) is 20.4. The summed E-state index contributed by atoms with van der Waals surface area (Å²) in [6.45, 7) is 17.4. The van der Waals surface area contributed by atoms with E-state index in [2.05, 4.69) is 85.5 Å². The summed E-state index contributed by atoms with van der Waals surface area (Å²) in [6, 6.07) is 11.3. The van der Waals surface area contributed by atoms with Crippen molar-refractivity contribution < 1.29 is 0 Å². The average molecular weight is 386 g/mol. The standard InChI is InChI=1S/C23H39N5/c1-6-15-28-16-13-21(14-17-28)26-22(24-7-2)25-18-23(4,5)27-19(3)20-11-9-8-10-12-20/h6,8-12,19,21,27H,1,7,13-18H2,2-5H3,(H2,24,25,26). The molecule has 0 spiro atoms. The molecular formula is C23H39N5. The van der Waals surface area contributed by atoms with Crippen LogP contribution in [-0.2, 0) is 0 Å². The summed E-state index contributed by atoms with van der Waals surface area (Å²) in [7, 11) is 0. The predicted molar refractivity (Wildman–Crippen MR) is 121 cm³/mol. The molecule has 0 bridgehead atoms. The minimum atomic E-state index is -0.0923. The van der Waals surface area contributed by atoms with E-state index in [9.17, 15) is 0 Å². The third-order valence-corrected chi connectivity index (χ3v) is 5.20. The van der Waals surface area contributed by atoms with Gasteiger partial charge in [-0.15, -0.1) is 6.58 Å². The van der Waals surface area contributed by atoms with Crippen molar-refractivity contribution in [3.63, 3.8) is 0 Å². The quantitative estimate of drug-likeness (QED) is 0.347. The Labute approximate surface area is 171 Å². The molecular weight excluding hydrogens is 346 g/mol. The molecule has 1 heterocycles. The van der Waals surface area contributed by atoms with Gasteiger partial charge in [0.2, 0.25) is 0 Å². The SMILES string of the molecule is C=CCN1CCC(NC(=NCC(C)(C)NC(C)c2ccccc2)NCC)CC1. The summed E-state index contributed by atoms with van der Waals surface area (Å²) in [6.07, 6.45) is 4.28. The summed E-state index contributed by atoms with van der Waals surface area (Å²) >= 11 is 0. The summed E-state index contributed by atoms with van der Waals surface area (Å²) in [5, 5.41) is 10.8. The van der Waals surface area contributed by atoms with Crippen LogP contribution in [0.1, 0.15) is 52.1 Å². The lowest BCUT2D eigenvalue weighted by Crippen LogP contribution is -2.50. The van der Waals surface area contributed by atoms with Gasteiger partial charge in [0, 0.05) is 43.8 Å². The van der Waals surface area contributed by atoms with Crippen molar-refractivity contribution in [1.82, 2.24) is 20.9 Å². The van der Waals surface area contributed by atoms with E-state index in [1.165, 1.54) is 5.56 Å². The molecule has 28 heavy (non-hydrogen) atoms. The number of aliphatic imine (C=N–C) groups is 1. The zero-order valence-electron chi connectivity index (χ0n) is 18.2. The van der Waals surface area contributed by atoms with Crippen LogP contribution in [0.25, 0.3) is 0 Å². The van der Waals surface area contributed by atoms with E-state index < -0.39 is 0 Å². The maximum Gasteiger partial charge on any atom is 0.191 e. The molecule has 0 saturated carbocycles. The highest BCUT2D eigenvalue weighted by atomic mass is 15.2. The molecule has 0 amide bonds. The molecule has 1 atom stereocenters. The first-order chi connectivity index (χ1) is 13.4. The molecule has 2 rings (SSSR count). The number of likely N-dealkylation sites (tertiary alicyclic amines) is 1. The van der Waals surface area contributed by atoms with Crippen LogP contribution in [0.5, 0.6) is 0 Å². The molecule has 0 aliphatic carbocycles. The van der Waals surface area contributed by atoms with Crippen LogP contribution in [0.2, 0.25) is 0 Å². The van der Waals surface area contributed by atoms with Gasteiger partial charge in [-0.25, -0.2) is 0 Å². The lowest BCUT2D eigenvalue weighted by Gasteiger charge is -2.33. The smallest absolute Gasteiger partial charge is 0.191 e. The van der Waals surface area contributed by atoms with Crippen molar-refractivity contribution in [2.24, 2.45) is 4.99 Å². The van der Waals surface area contributed by atoms with E-state index in [1.54, 1.807) is 0 Å². The van der Waals surface area contributed by atoms with Crippen molar-refractivity contribution in [3.8, 4) is 0 Å². The van der Waals surface area contributed by atoms with E-state index >= 15 is 0 Å². The monoisotopic (exact) mass is 385 g/mol. The Morgan fingerprint density at radius 2 is 1.96 bits per heavy atom. The largest absolute Gasteiger partial charge is 0.357 e. The lowest BCUT2D eigenvalue weighted by molar-refractivity contribution is 0.225. The minimum Gasteiger partial charge on any atom is -0.357 e. The molecule has 0 radical (unpaired) electrons. The second kappa shape index (κ2) is 11.2. The molecule has 5 nitrogen and oxygen atoms in total. The van der Waals surface area contributed by atoms with Crippen LogP contribution in [0.15, 0.2) is 48.0 Å². The van der Waals surface area contributed by atoms with Gasteiger partial charge in [0.1, 0.15) is 0 Å². The normalized spacial score (nSPS) is 17.9. The Bertz CT molecular complexity index is 603. The molecule has 5 heteroatoms. The highest BCUT2D eigenvalue weighted by Gasteiger charge is 2.22. The van der Waals surface area contributed by atoms with Crippen molar-refractivity contribution in [1.29, 1.82) is 0 Å². The van der Waals surface area contributed by atoms with Gasteiger partial charge in [-0.1, -0.05) is 36.4 Å². The fourth-order valence-corrected chi connectivity index (χ4v) is 3.69. The van der Waals surface area contributed by atoms with E-state index in [0.29, 0.717) is 6.04 Å². The predicted octanol–water partition coefficient (Wildman–Crippen LogP) is 3.32. The second-order valence-corrected chi connectivity index (χ2v) is 8.36. The third kappa shape index (κ3) is 7.64. The van der Waals surface area contributed by atoms with Crippen LogP contribution in [0, 0.1) is 0 Å². The highest BCUT2D eigenvalue weighted by Crippen LogP contribution is 2.16. The van der Waals surface area contributed by atoms with Crippen molar-refractivity contribution in [3.05, 3.63) is 48.6 Å². The number of nitrogens with zero attached hydrogens (tertiary/aromatic N) is 2. The molecule has 3 N–H and O–H groups in total. The molecule has 1 aliphatic rings. The number of guanidine groups is 1. The molecule has 1 aromatic rings. The Hall–Kier alpha value is -1.85. The average Bonchev–Trinajstić information content (AvgIpc) is 2.68. The second-order valence-electron chi connectivity index (χ2n) is 8.36. The number of piperidine rings is 1. The number of nitrogens with one attached hydrogen (secondary N) is 3. The molecule has 1 fully saturated rings. The lowest BCUT2D eigenvalue weighted by atomic mass is 10.0. The van der Waals surface area contributed by atoms with Gasteiger partial charge in [-0.2, -0.15) is 0 Å². The summed E-state index contributed by atoms with van der Waals surface area (Å²) in [5.41, 5.74) is 1.21. The first kappa shape index (κ1) is 22.4. The number of hydrogen-bond donors (Lipinski definition) is 3. The third-order valence-electron chi connectivity index (χ3n) is 5.20. The van der Waals surface area contributed by atoms with E-state index in [1.807, 2.05) is 6.08 Å². The van der Waals surface area contributed by atoms with Gasteiger partial charge in [0.25, 0.3) is 0 Å². The Kier molecular flexibility index (Phi) is 9.00. The Morgan fingerprint density at radius 1 is 1.29 bits per heavy atom. The minimum absolute atomic E-state index is 0.0923. The van der Waals surface area contributed by atoms with Gasteiger partial charge in [-0.05, 0) is 46.1 Å². The van der Waals surface area contributed by atoms with Crippen molar-refractivity contribution in [2.75, 3.05) is 32.7 Å². The number of rotatable bonds is 9. The topological polar surface area (TPSA) is 51.7 Å². The molecule has 1 unspecified atom stereocenters. The fourth-order valence-electron chi connectivity index (χ4n) is 3.69. The first-order valence-corrected chi connectivity index (χ1v) is 10.6. The molecule has 156 valence electrons.